The van der Waals surface area contributed by atoms with Crippen LogP contribution in [0, 0.1) is 0 Å². The first kappa shape index (κ1) is 15.3. The number of nitrogens with two attached hydrogens (primary N) is 1. The van der Waals surface area contributed by atoms with E-state index in [1.807, 2.05) is 0 Å². The Balaban J connectivity index is 4.30. The van der Waals surface area contributed by atoms with Crippen molar-refractivity contribution in [3.05, 3.63) is 0 Å². The summed E-state index contributed by atoms with van der Waals surface area (Å²) in [7, 11) is 1.48. The molecule has 6 heteroatoms. The number of carbonyl (C=O) groups excluding carboxylic acids is 1. The highest BCUT2D eigenvalue weighted by Gasteiger charge is 2.29. The van der Waals surface area contributed by atoms with Crippen LogP contribution in [0.1, 0.15) is 19.8 Å². The molecule has 0 saturated heterocycles. The Morgan fingerprint density at radius 3 is 2.38 bits per heavy atom. The molecular weight excluding hydrogens is 212 g/mol. The minimum Gasteiger partial charge on any atom is -0.394 e. The lowest BCUT2D eigenvalue weighted by molar-refractivity contribution is -0.126. The monoisotopic (exact) mass is 234 g/mol. The lowest BCUT2D eigenvalue weighted by atomic mass is 9.98. The minimum absolute atomic E-state index is 0.120. The van der Waals surface area contributed by atoms with E-state index < -0.39 is 5.54 Å². The second-order valence-electron chi connectivity index (χ2n) is 3.80. The highest BCUT2D eigenvalue weighted by atomic mass is 16.5. The fourth-order valence-electron chi connectivity index (χ4n) is 1.26. The molecule has 0 aliphatic rings. The summed E-state index contributed by atoms with van der Waals surface area (Å²) in [5.41, 5.74) is 4.43. The number of methoxy groups -OCH3 is 1. The number of hydrogen-bond acceptors (Lipinski definition) is 5. The van der Waals surface area contributed by atoms with Crippen LogP contribution in [0.3, 0.4) is 0 Å². The molecule has 0 aliphatic carbocycles. The molecule has 0 fully saturated rings. The zero-order valence-electron chi connectivity index (χ0n) is 9.90. The number of carbonyl (C=O) groups is 1. The van der Waals surface area contributed by atoms with Gasteiger partial charge < -0.3 is 26.0 Å². The number of aliphatic hydroxyl groups excluding tert-OH is 2. The van der Waals surface area contributed by atoms with Crippen molar-refractivity contribution in [1.29, 1.82) is 0 Å². The van der Waals surface area contributed by atoms with Gasteiger partial charge in [-0.3, -0.25) is 4.79 Å². The van der Waals surface area contributed by atoms with Crippen molar-refractivity contribution in [2.24, 2.45) is 5.73 Å². The number of aliphatic hydroxyl groups is 2. The summed E-state index contributed by atoms with van der Waals surface area (Å²) in [5, 5.41) is 20.9. The first-order valence-corrected chi connectivity index (χ1v) is 5.33. The molecule has 0 rings (SSSR count). The Hall–Kier alpha value is -0.690. The zero-order valence-corrected chi connectivity index (χ0v) is 9.90. The van der Waals surface area contributed by atoms with Crippen LogP contribution in [0.2, 0.25) is 0 Å². The molecular formula is C10H22N2O4. The smallest absolute Gasteiger partial charge is 0.223 e. The van der Waals surface area contributed by atoms with Crippen LogP contribution < -0.4 is 11.1 Å². The van der Waals surface area contributed by atoms with Crippen molar-refractivity contribution in [3.8, 4) is 0 Å². The van der Waals surface area contributed by atoms with Gasteiger partial charge >= 0.3 is 0 Å². The Labute approximate surface area is 95.8 Å². The topological polar surface area (TPSA) is 105 Å². The molecule has 0 saturated carbocycles. The molecule has 0 spiro atoms. The summed E-state index contributed by atoms with van der Waals surface area (Å²) in [6.07, 6.45) is 0.229. The molecule has 0 radical (unpaired) electrons. The summed E-state index contributed by atoms with van der Waals surface area (Å²) >= 11 is 0. The minimum atomic E-state index is -0.954. The van der Waals surface area contributed by atoms with Gasteiger partial charge in [0.05, 0.1) is 31.3 Å². The summed E-state index contributed by atoms with van der Waals surface area (Å²) in [6, 6.07) is 0. The standard InChI is InChI=1S/C10H22N2O4/c1-3-10(6-13,7-14)12-9(15)4-8(5-11)16-2/h8,13-14H,3-7,11H2,1-2H3,(H,12,15). The molecule has 16 heavy (non-hydrogen) atoms. The summed E-state index contributed by atoms with van der Waals surface area (Å²) < 4.78 is 4.97. The van der Waals surface area contributed by atoms with Crippen LogP contribution in [0.15, 0.2) is 0 Å². The fourth-order valence-corrected chi connectivity index (χ4v) is 1.26. The highest BCUT2D eigenvalue weighted by molar-refractivity contribution is 5.77. The summed E-state index contributed by atoms with van der Waals surface area (Å²) in [4.78, 5) is 11.6. The lowest BCUT2D eigenvalue weighted by Crippen LogP contribution is -2.54. The van der Waals surface area contributed by atoms with Crippen molar-refractivity contribution < 1.29 is 19.7 Å². The van der Waals surface area contributed by atoms with Crippen molar-refractivity contribution in [1.82, 2.24) is 5.32 Å². The lowest BCUT2D eigenvalue weighted by Gasteiger charge is -2.30. The molecule has 0 heterocycles. The van der Waals surface area contributed by atoms with Crippen LogP contribution in [-0.2, 0) is 9.53 Å². The van der Waals surface area contributed by atoms with Crippen LogP contribution in [0.4, 0.5) is 0 Å². The van der Waals surface area contributed by atoms with Crippen molar-refractivity contribution >= 4 is 5.91 Å². The van der Waals surface area contributed by atoms with Gasteiger partial charge in [-0.1, -0.05) is 6.92 Å². The number of ether oxygens (including phenoxy) is 1. The van der Waals surface area contributed by atoms with Crippen molar-refractivity contribution in [3.63, 3.8) is 0 Å². The maximum atomic E-state index is 11.6. The van der Waals surface area contributed by atoms with Crippen LogP contribution in [0.25, 0.3) is 0 Å². The maximum Gasteiger partial charge on any atom is 0.223 e. The fraction of sp³-hybridized carbons (Fsp3) is 0.900. The van der Waals surface area contributed by atoms with Gasteiger partial charge in [-0.25, -0.2) is 0 Å². The maximum absolute atomic E-state index is 11.6. The van der Waals surface area contributed by atoms with E-state index >= 15 is 0 Å². The second-order valence-corrected chi connectivity index (χ2v) is 3.80. The first-order chi connectivity index (χ1) is 7.57. The predicted molar refractivity (Wildman–Crippen MR) is 59.8 cm³/mol. The SMILES string of the molecule is CCC(CO)(CO)NC(=O)CC(CN)OC. The number of rotatable bonds is 8. The molecule has 0 aromatic heterocycles. The van der Waals surface area contributed by atoms with Gasteiger partial charge in [0.15, 0.2) is 0 Å². The molecule has 1 amide bonds. The van der Waals surface area contributed by atoms with Crippen LogP contribution in [0.5, 0.6) is 0 Å². The van der Waals surface area contributed by atoms with E-state index in [1.54, 1.807) is 6.92 Å². The van der Waals surface area contributed by atoms with Gasteiger partial charge in [0.1, 0.15) is 0 Å². The molecule has 6 nitrogen and oxygen atoms in total. The number of nitrogens with one attached hydrogen (secondary N) is 1. The molecule has 1 atom stereocenters. The highest BCUT2D eigenvalue weighted by Crippen LogP contribution is 2.09. The zero-order chi connectivity index (χ0) is 12.6. The van der Waals surface area contributed by atoms with E-state index in [2.05, 4.69) is 5.32 Å². The third-order valence-corrected chi connectivity index (χ3v) is 2.70. The molecule has 1 unspecified atom stereocenters. The molecule has 0 bridgehead atoms. The van der Waals surface area contributed by atoms with Gasteiger partial charge in [-0.05, 0) is 6.42 Å². The average Bonchev–Trinajstić information content (AvgIpc) is 2.33. The second kappa shape index (κ2) is 7.56. The third kappa shape index (κ3) is 4.44. The van der Waals surface area contributed by atoms with E-state index in [0.29, 0.717) is 6.42 Å². The molecule has 0 aliphatic heterocycles. The normalized spacial score (nSPS) is 13.6. The van der Waals surface area contributed by atoms with E-state index in [9.17, 15) is 4.79 Å². The van der Waals surface area contributed by atoms with Gasteiger partial charge in [0, 0.05) is 13.7 Å². The van der Waals surface area contributed by atoms with E-state index in [0.717, 1.165) is 0 Å². The molecule has 96 valence electrons. The Morgan fingerprint density at radius 2 is 2.06 bits per heavy atom. The number of hydrogen-bond donors (Lipinski definition) is 4. The van der Waals surface area contributed by atoms with Gasteiger partial charge in [0.25, 0.3) is 0 Å². The van der Waals surface area contributed by atoms with Gasteiger partial charge in [-0.2, -0.15) is 0 Å². The van der Waals surface area contributed by atoms with Gasteiger partial charge in [-0.15, -0.1) is 0 Å². The van der Waals surface area contributed by atoms with Crippen LogP contribution in [-0.4, -0.2) is 54.6 Å². The Kier molecular flexibility index (Phi) is 7.24. The Morgan fingerprint density at radius 1 is 1.50 bits per heavy atom. The van der Waals surface area contributed by atoms with Crippen molar-refractivity contribution in [2.45, 2.75) is 31.4 Å². The Bertz CT molecular complexity index is 195. The van der Waals surface area contributed by atoms with E-state index in [4.69, 9.17) is 20.7 Å². The third-order valence-electron chi connectivity index (χ3n) is 2.70. The summed E-state index contributed by atoms with van der Waals surface area (Å²) in [5.74, 6) is -0.290. The molecule has 5 N–H and O–H groups in total. The summed E-state index contributed by atoms with van der Waals surface area (Å²) in [6.45, 7) is 1.43. The van der Waals surface area contributed by atoms with E-state index in [-0.39, 0.29) is 38.2 Å². The molecule has 0 aromatic rings. The first-order valence-electron chi connectivity index (χ1n) is 5.33. The van der Waals surface area contributed by atoms with Crippen molar-refractivity contribution in [2.75, 3.05) is 26.9 Å². The average molecular weight is 234 g/mol. The van der Waals surface area contributed by atoms with E-state index in [1.165, 1.54) is 7.11 Å². The number of amides is 1. The quantitative estimate of drug-likeness (QED) is 0.413. The predicted octanol–water partition coefficient (Wildman–Crippen LogP) is -1.40. The van der Waals surface area contributed by atoms with Gasteiger partial charge in [0.2, 0.25) is 5.91 Å². The molecule has 0 aromatic carbocycles. The largest absolute Gasteiger partial charge is 0.394 e. The van der Waals surface area contributed by atoms with Crippen LogP contribution >= 0.6 is 0 Å².